The highest BCUT2D eigenvalue weighted by atomic mass is 32.2. The maximum atomic E-state index is 11.6. The van der Waals surface area contributed by atoms with Crippen LogP contribution in [0.4, 0.5) is 5.69 Å². The maximum Gasteiger partial charge on any atom is 0.268 e. The van der Waals surface area contributed by atoms with E-state index in [-0.39, 0.29) is 12.5 Å². The van der Waals surface area contributed by atoms with Crippen LogP contribution in [0.15, 0.2) is 58.4 Å². The number of rotatable bonds is 4. The third-order valence-corrected chi connectivity index (χ3v) is 4.02. The molecule has 0 unspecified atom stereocenters. The fraction of sp³-hybridized carbons (Fsp3) is 0.125. The summed E-state index contributed by atoms with van der Waals surface area (Å²) in [7, 11) is 0. The lowest BCUT2D eigenvalue weighted by Crippen LogP contribution is -2.32. The number of hydrogen-bond acceptors (Lipinski definition) is 4. The second kappa shape index (κ2) is 6.01. The molecule has 2 aromatic rings. The molecule has 0 aromatic heterocycles. The van der Waals surface area contributed by atoms with E-state index in [1.165, 1.54) is 16.9 Å². The standard InChI is InChI=1S/C16H15N3OS/c1-21-15-9-13(12-5-3-2-4-6-12)7-8-14(15)18-19-11-17-10-16(19)20/h2-9,11,18H,10H2,1H3. The number of carbonyl (C=O) groups is 1. The number of nitrogens with zero attached hydrogens (tertiary/aromatic N) is 2. The monoisotopic (exact) mass is 297 g/mol. The van der Waals surface area contributed by atoms with E-state index in [0.717, 1.165) is 16.1 Å². The van der Waals surface area contributed by atoms with Gasteiger partial charge in [0.2, 0.25) is 0 Å². The summed E-state index contributed by atoms with van der Waals surface area (Å²) in [6.07, 6.45) is 3.55. The molecule has 0 saturated carbocycles. The Morgan fingerprint density at radius 2 is 1.95 bits per heavy atom. The van der Waals surface area contributed by atoms with Gasteiger partial charge in [-0.1, -0.05) is 36.4 Å². The first-order valence-corrected chi connectivity index (χ1v) is 7.82. The van der Waals surface area contributed by atoms with Crippen molar-refractivity contribution >= 4 is 29.7 Å². The van der Waals surface area contributed by atoms with Crippen LogP contribution in [-0.2, 0) is 4.79 Å². The maximum absolute atomic E-state index is 11.6. The number of hydrogen-bond donors (Lipinski definition) is 1. The van der Waals surface area contributed by atoms with Crippen molar-refractivity contribution in [2.45, 2.75) is 4.90 Å². The van der Waals surface area contributed by atoms with Gasteiger partial charge in [0.15, 0.2) is 0 Å². The number of nitrogens with one attached hydrogen (secondary N) is 1. The van der Waals surface area contributed by atoms with Crippen LogP contribution in [0.5, 0.6) is 0 Å². The highest BCUT2D eigenvalue weighted by Gasteiger charge is 2.17. The van der Waals surface area contributed by atoms with Gasteiger partial charge in [-0.15, -0.1) is 11.8 Å². The molecule has 0 fully saturated rings. The van der Waals surface area contributed by atoms with Crippen LogP contribution >= 0.6 is 11.8 Å². The third-order valence-electron chi connectivity index (χ3n) is 3.24. The van der Waals surface area contributed by atoms with E-state index < -0.39 is 0 Å². The van der Waals surface area contributed by atoms with Gasteiger partial charge >= 0.3 is 0 Å². The van der Waals surface area contributed by atoms with Gasteiger partial charge in [0.25, 0.3) is 5.91 Å². The Bertz CT molecular complexity index is 685. The minimum absolute atomic E-state index is 0.0470. The smallest absolute Gasteiger partial charge is 0.268 e. The minimum atomic E-state index is -0.0470. The molecule has 0 saturated heterocycles. The van der Waals surface area contributed by atoms with Crippen molar-refractivity contribution in [2.24, 2.45) is 4.99 Å². The van der Waals surface area contributed by atoms with E-state index in [1.807, 2.05) is 30.5 Å². The summed E-state index contributed by atoms with van der Waals surface area (Å²) >= 11 is 1.64. The number of carbonyl (C=O) groups excluding carboxylic acids is 1. The number of hydrazine groups is 1. The second-order valence-electron chi connectivity index (χ2n) is 4.61. The van der Waals surface area contributed by atoms with Crippen molar-refractivity contribution in [3.63, 3.8) is 0 Å². The predicted molar refractivity (Wildman–Crippen MR) is 87.5 cm³/mol. The fourth-order valence-corrected chi connectivity index (χ4v) is 2.73. The number of aliphatic imine (C=N–C) groups is 1. The predicted octanol–water partition coefficient (Wildman–Crippen LogP) is 3.27. The third kappa shape index (κ3) is 2.92. The van der Waals surface area contributed by atoms with Crippen LogP contribution in [0, 0.1) is 0 Å². The lowest BCUT2D eigenvalue weighted by atomic mass is 10.1. The van der Waals surface area contributed by atoms with E-state index in [1.54, 1.807) is 11.8 Å². The van der Waals surface area contributed by atoms with Crippen LogP contribution in [0.3, 0.4) is 0 Å². The second-order valence-corrected chi connectivity index (χ2v) is 5.46. The van der Waals surface area contributed by atoms with E-state index in [2.05, 4.69) is 34.7 Å². The molecule has 0 atom stereocenters. The number of amides is 1. The highest BCUT2D eigenvalue weighted by molar-refractivity contribution is 7.98. The van der Waals surface area contributed by atoms with Crippen molar-refractivity contribution in [1.29, 1.82) is 0 Å². The number of thioether (sulfide) groups is 1. The van der Waals surface area contributed by atoms with E-state index >= 15 is 0 Å². The first-order valence-electron chi connectivity index (χ1n) is 6.60. The van der Waals surface area contributed by atoms with E-state index in [9.17, 15) is 4.79 Å². The van der Waals surface area contributed by atoms with Crippen molar-refractivity contribution < 1.29 is 4.79 Å². The van der Waals surface area contributed by atoms with Gasteiger partial charge in [-0.3, -0.25) is 15.2 Å². The molecule has 0 spiro atoms. The van der Waals surface area contributed by atoms with E-state index in [0.29, 0.717) is 0 Å². The summed E-state index contributed by atoms with van der Waals surface area (Å²) in [4.78, 5) is 16.6. The molecule has 21 heavy (non-hydrogen) atoms. The minimum Gasteiger partial charge on any atom is -0.289 e. The summed E-state index contributed by atoms with van der Waals surface area (Å²) in [6, 6.07) is 16.4. The molecule has 1 amide bonds. The SMILES string of the molecule is CSc1cc(-c2ccccc2)ccc1NN1C=NCC1=O. The molecule has 4 nitrogen and oxygen atoms in total. The molecule has 2 aromatic carbocycles. The zero-order valence-electron chi connectivity index (χ0n) is 11.6. The zero-order valence-corrected chi connectivity index (χ0v) is 12.4. The van der Waals surface area contributed by atoms with Crippen LogP contribution in [0.1, 0.15) is 0 Å². The summed E-state index contributed by atoms with van der Waals surface area (Å²) in [5, 5.41) is 1.43. The lowest BCUT2D eigenvalue weighted by Gasteiger charge is -2.18. The van der Waals surface area contributed by atoms with Crippen molar-refractivity contribution in [3.05, 3.63) is 48.5 Å². The molecular weight excluding hydrogens is 282 g/mol. The lowest BCUT2D eigenvalue weighted by molar-refractivity contribution is -0.123. The number of benzene rings is 2. The van der Waals surface area contributed by atoms with Gasteiger partial charge in [-0.05, 0) is 29.5 Å². The normalized spacial score (nSPS) is 13.8. The van der Waals surface area contributed by atoms with E-state index in [4.69, 9.17) is 0 Å². The molecule has 3 rings (SSSR count). The molecule has 1 heterocycles. The molecular formula is C16H15N3OS. The zero-order chi connectivity index (χ0) is 14.7. The van der Waals surface area contributed by atoms with Crippen LogP contribution < -0.4 is 5.43 Å². The Kier molecular flexibility index (Phi) is 3.92. The average molecular weight is 297 g/mol. The van der Waals surface area contributed by atoms with Gasteiger partial charge in [0.05, 0.1) is 5.69 Å². The van der Waals surface area contributed by atoms with Crippen LogP contribution in [0.2, 0.25) is 0 Å². The van der Waals surface area contributed by atoms with Gasteiger partial charge in [-0.25, -0.2) is 5.01 Å². The van der Waals surface area contributed by atoms with Crippen molar-refractivity contribution in [2.75, 3.05) is 18.2 Å². The molecule has 1 aliphatic heterocycles. The fourth-order valence-electron chi connectivity index (χ4n) is 2.16. The van der Waals surface area contributed by atoms with Gasteiger partial charge < -0.3 is 0 Å². The molecule has 106 valence electrons. The van der Waals surface area contributed by atoms with Crippen molar-refractivity contribution in [1.82, 2.24) is 5.01 Å². The topological polar surface area (TPSA) is 44.7 Å². The van der Waals surface area contributed by atoms with Crippen LogP contribution in [0.25, 0.3) is 11.1 Å². The summed E-state index contributed by atoms with van der Waals surface area (Å²) in [6.45, 7) is 0.212. The summed E-state index contributed by atoms with van der Waals surface area (Å²) in [5.74, 6) is -0.0470. The Balaban J connectivity index is 1.89. The van der Waals surface area contributed by atoms with Crippen molar-refractivity contribution in [3.8, 4) is 11.1 Å². The number of anilines is 1. The molecule has 0 aliphatic carbocycles. The summed E-state index contributed by atoms with van der Waals surface area (Å²) < 4.78 is 0. The summed E-state index contributed by atoms with van der Waals surface area (Å²) in [5.41, 5.74) is 6.35. The van der Waals surface area contributed by atoms with Gasteiger partial charge in [0.1, 0.15) is 12.9 Å². The van der Waals surface area contributed by atoms with Gasteiger partial charge in [0, 0.05) is 4.90 Å². The molecule has 0 radical (unpaired) electrons. The molecule has 1 N–H and O–H groups in total. The average Bonchev–Trinajstić information content (AvgIpc) is 2.94. The first-order chi connectivity index (χ1) is 10.3. The highest BCUT2D eigenvalue weighted by Crippen LogP contribution is 2.31. The van der Waals surface area contributed by atoms with Crippen LogP contribution in [-0.4, -0.2) is 30.1 Å². The molecule has 5 heteroatoms. The Morgan fingerprint density at radius 3 is 2.62 bits per heavy atom. The molecule has 1 aliphatic rings. The molecule has 0 bridgehead atoms. The van der Waals surface area contributed by atoms with Gasteiger partial charge in [-0.2, -0.15) is 0 Å². The Labute approximate surface area is 127 Å². The first kappa shape index (κ1) is 13.7. The largest absolute Gasteiger partial charge is 0.289 e. The Hall–Kier alpha value is -2.27. The quantitative estimate of drug-likeness (QED) is 0.881. The Morgan fingerprint density at radius 1 is 1.14 bits per heavy atom.